The second-order valence-electron chi connectivity index (χ2n) is 5.31. The van der Waals surface area contributed by atoms with E-state index in [-0.39, 0.29) is 6.03 Å². The molecule has 1 rings (SSSR count). The number of likely N-dealkylation sites (tertiary alicyclic amines) is 1. The lowest BCUT2D eigenvalue weighted by Crippen LogP contribution is -2.52. The maximum atomic E-state index is 12.0. The number of aliphatic carboxylic acids is 1. The Kier molecular flexibility index (Phi) is 6.08. The Morgan fingerprint density at radius 2 is 1.95 bits per heavy atom. The minimum Gasteiger partial charge on any atom is -0.480 e. The van der Waals surface area contributed by atoms with E-state index in [1.165, 1.54) is 0 Å². The predicted octanol–water partition coefficient (Wildman–Crippen LogP) is 0.975. The van der Waals surface area contributed by atoms with Crippen molar-refractivity contribution in [2.24, 2.45) is 0 Å². The van der Waals surface area contributed by atoms with E-state index in [0.717, 1.165) is 19.3 Å². The number of hydrogen-bond donors (Lipinski definition) is 2. The van der Waals surface area contributed by atoms with Crippen LogP contribution in [0, 0.1) is 0 Å². The maximum Gasteiger partial charge on any atom is 0.326 e. The summed E-state index contributed by atoms with van der Waals surface area (Å²) in [5.41, 5.74) is 0. The summed E-state index contributed by atoms with van der Waals surface area (Å²) in [5.74, 6) is -0.960. The lowest BCUT2D eigenvalue weighted by atomic mass is 10.0. The van der Waals surface area contributed by atoms with Crippen molar-refractivity contribution < 1.29 is 14.7 Å². The highest BCUT2D eigenvalue weighted by molar-refractivity contribution is 5.82. The summed E-state index contributed by atoms with van der Waals surface area (Å²) in [6, 6.07) is -0.517. The van der Waals surface area contributed by atoms with E-state index < -0.39 is 12.0 Å². The molecule has 6 nitrogen and oxygen atoms in total. The normalized spacial score (nSPS) is 18.4. The molecule has 1 unspecified atom stereocenters. The number of carbonyl (C=O) groups is 2. The molecule has 1 aliphatic rings. The summed E-state index contributed by atoms with van der Waals surface area (Å²) in [6.07, 6.45) is 3.08. The van der Waals surface area contributed by atoms with Crippen molar-refractivity contribution in [1.29, 1.82) is 0 Å². The Labute approximate surface area is 114 Å². The summed E-state index contributed by atoms with van der Waals surface area (Å²) < 4.78 is 0. The van der Waals surface area contributed by atoms with Gasteiger partial charge in [-0.3, -0.25) is 0 Å². The molecule has 1 saturated heterocycles. The lowest BCUT2D eigenvalue weighted by Gasteiger charge is -2.35. The van der Waals surface area contributed by atoms with Crippen molar-refractivity contribution in [3.63, 3.8) is 0 Å². The van der Waals surface area contributed by atoms with Crippen LogP contribution in [0.1, 0.15) is 32.6 Å². The fraction of sp³-hybridized carbons (Fsp3) is 0.846. The number of rotatable bonds is 5. The Bertz CT molecular complexity index is 312. The number of nitrogens with one attached hydrogen (secondary N) is 1. The smallest absolute Gasteiger partial charge is 0.326 e. The quantitative estimate of drug-likeness (QED) is 0.781. The van der Waals surface area contributed by atoms with Gasteiger partial charge in [-0.15, -0.1) is 0 Å². The molecule has 1 atom stereocenters. The van der Waals surface area contributed by atoms with Gasteiger partial charge >= 0.3 is 12.0 Å². The van der Waals surface area contributed by atoms with Crippen LogP contribution in [0.15, 0.2) is 0 Å². The Hall–Kier alpha value is -1.30. The monoisotopic (exact) mass is 271 g/mol. The van der Waals surface area contributed by atoms with E-state index in [9.17, 15) is 9.59 Å². The molecule has 1 fully saturated rings. The first-order valence-electron chi connectivity index (χ1n) is 6.90. The van der Waals surface area contributed by atoms with Gasteiger partial charge in [0, 0.05) is 19.1 Å². The zero-order chi connectivity index (χ0) is 14.4. The van der Waals surface area contributed by atoms with Gasteiger partial charge in [0.25, 0.3) is 0 Å². The highest BCUT2D eigenvalue weighted by Gasteiger charge is 2.26. The van der Waals surface area contributed by atoms with Crippen LogP contribution in [0.5, 0.6) is 0 Å². The molecule has 2 amide bonds. The van der Waals surface area contributed by atoms with Crippen molar-refractivity contribution in [1.82, 2.24) is 15.1 Å². The minimum absolute atomic E-state index is 0.252. The third kappa shape index (κ3) is 4.70. The molecule has 2 N–H and O–H groups in total. The van der Waals surface area contributed by atoms with Crippen molar-refractivity contribution >= 4 is 12.0 Å². The van der Waals surface area contributed by atoms with E-state index in [2.05, 4.69) is 10.2 Å². The average Bonchev–Trinajstić information content (AvgIpc) is 2.38. The molecule has 0 bridgehead atoms. The molecule has 1 aliphatic heterocycles. The second kappa shape index (κ2) is 7.33. The molecule has 19 heavy (non-hydrogen) atoms. The fourth-order valence-corrected chi connectivity index (χ4v) is 2.37. The summed E-state index contributed by atoms with van der Waals surface area (Å²) in [7, 11) is 4.09. The van der Waals surface area contributed by atoms with Crippen molar-refractivity contribution in [3.8, 4) is 0 Å². The number of hydrogen-bond acceptors (Lipinski definition) is 3. The number of carboxylic acids is 1. The molecular formula is C13H25N3O3. The van der Waals surface area contributed by atoms with Crippen LogP contribution in [0.4, 0.5) is 4.79 Å². The van der Waals surface area contributed by atoms with Crippen molar-refractivity contribution in [2.45, 2.75) is 44.7 Å². The van der Waals surface area contributed by atoms with Crippen molar-refractivity contribution in [2.75, 3.05) is 27.2 Å². The van der Waals surface area contributed by atoms with Crippen LogP contribution < -0.4 is 5.32 Å². The minimum atomic E-state index is -0.960. The molecule has 0 aromatic carbocycles. The van der Waals surface area contributed by atoms with E-state index >= 15 is 0 Å². The average molecular weight is 271 g/mol. The predicted molar refractivity (Wildman–Crippen MR) is 73.1 cm³/mol. The van der Waals surface area contributed by atoms with Gasteiger partial charge in [0.1, 0.15) is 6.04 Å². The molecule has 0 radical (unpaired) electrons. The van der Waals surface area contributed by atoms with E-state index in [1.54, 1.807) is 4.90 Å². The van der Waals surface area contributed by atoms with Crippen LogP contribution >= 0.6 is 0 Å². The molecule has 110 valence electrons. The third-order valence-electron chi connectivity index (χ3n) is 3.66. The molecule has 0 spiro atoms. The lowest BCUT2D eigenvalue weighted by molar-refractivity contribution is -0.139. The van der Waals surface area contributed by atoms with Crippen LogP contribution in [-0.4, -0.2) is 66.2 Å². The molecule has 1 heterocycles. The molecule has 6 heteroatoms. The highest BCUT2D eigenvalue weighted by atomic mass is 16.4. The van der Waals surface area contributed by atoms with Crippen LogP contribution in [-0.2, 0) is 4.79 Å². The van der Waals surface area contributed by atoms with E-state index in [0.29, 0.717) is 25.6 Å². The molecular weight excluding hydrogens is 246 g/mol. The summed E-state index contributed by atoms with van der Waals surface area (Å²) >= 11 is 0. The largest absolute Gasteiger partial charge is 0.480 e. The molecule has 0 aromatic heterocycles. The van der Waals surface area contributed by atoms with Gasteiger partial charge in [0.15, 0.2) is 0 Å². The van der Waals surface area contributed by atoms with Gasteiger partial charge in [0.05, 0.1) is 0 Å². The van der Waals surface area contributed by atoms with Crippen LogP contribution in [0.25, 0.3) is 0 Å². The van der Waals surface area contributed by atoms with Gasteiger partial charge in [0.2, 0.25) is 0 Å². The van der Waals surface area contributed by atoms with E-state index in [1.807, 2.05) is 21.0 Å². The number of amides is 2. The first-order chi connectivity index (χ1) is 8.95. The standard InChI is InChI=1S/C13H25N3O3/c1-4-5-11(12(17)18)14-13(19)16-8-6-10(7-9-16)15(2)3/h10-11H,4-9H2,1-3H3,(H,14,19)(H,17,18). The third-order valence-corrected chi connectivity index (χ3v) is 3.66. The molecule has 0 saturated carbocycles. The maximum absolute atomic E-state index is 12.0. The zero-order valence-corrected chi connectivity index (χ0v) is 12.1. The zero-order valence-electron chi connectivity index (χ0n) is 12.1. The van der Waals surface area contributed by atoms with Gasteiger partial charge < -0.3 is 20.2 Å². The van der Waals surface area contributed by atoms with E-state index in [4.69, 9.17) is 5.11 Å². The summed E-state index contributed by atoms with van der Waals surface area (Å²) in [6.45, 7) is 3.28. The summed E-state index contributed by atoms with van der Waals surface area (Å²) in [5, 5.41) is 11.6. The van der Waals surface area contributed by atoms with Crippen LogP contribution in [0.3, 0.4) is 0 Å². The number of carbonyl (C=O) groups excluding carboxylic acids is 1. The SMILES string of the molecule is CCCC(NC(=O)N1CCC(N(C)C)CC1)C(=O)O. The topological polar surface area (TPSA) is 72.9 Å². The number of urea groups is 1. The Morgan fingerprint density at radius 3 is 2.37 bits per heavy atom. The van der Waals surface area contributed by atoms with Crippen LogP contribution in [0.2, 0.25) is 0 Å². The second-order valence-corrected chi connectivity index (χ2v) is 5.31. The number of nitrogens with zero attached hydrogens (tertiary/aromatic N) is 2. The number of carboxylic acid groups (broad SMARTS) is 1. The molecule has 0 aromatic rings. The van der Waals surface area contributed by atoms with Gasteiger partial charge in [-0.05, 0) is 33.4 Å². The molecule has 0 aliphatic carbocycles. The first kappa shape index (κ1) is 15.8. The first-order valence-corrected chi connectivity index (χ1v) is 6.90. The van der Waals surface area contributed by atoms with Crippen molar-refractivity contribution in [3.05, 3.63) is 0 Å². The van der Waals surface area contributed by atoms with Gasteiger partial charge in [-0.25, -0.2) is 9.59 Å². The summed E-state index contributed by atoms with van der Waals surface area (Å²) in [4.78, 5) is 26.9. The Balaban J connectivity index is 2.44. The Morgan fingerprint density at radius 1 is 1.37 bits per heavy atom. The fourth-order valence-electron chi connectivity index (χ4n) is 2.37. The van der Waals surface area contributed by atoms with Gasteiger partial charge in [-0.2, -0.15) is 0 Å². The highest BCUT2D eigenvalue weighted by Crippen LogP contribution is 2.14. The van der Waals surface area contributed by atoms with Gasteiger partial charge in [-0.1, -0.05) is 13.3 Å². The number of piperidine rings is 1.